The van der Waals surface area contributed by atoms with E-state index in [1.165, 1.54) is 12.1 Å². The van der Waals surface area contributed by atoms with Crippen LogP contribution in [0.4, 0.5) is 8.78 Å². The molecule has 1 rings (SSSR count). The predicted octanol–water partition coefficient (Wildman–Crippen LogP) is 3.40. The third-order valence-corrected chi connectivity index (χ3v) is 3.61. The second-order valence-electron chi connectivity index (χ2n) is 4.99. The first kappa shape index (κ1) is 14.5. The highest BCUT2D eigenvalue weighted by atomic mass is 32.2. The van der Waals surface area contributed by atoms with E-state index in [-0.39, 0.29) is 16.7 Å². The zero-order valence-electron chi connectivity index (χ0n) is 10.3. The van der Waals surface area contributed by atoms with E-state index in [1.807, 2.05) is 20.8 Å². The van der Waals surface area contributed by atoms with Gasteiger partial charge < -0.3 is 5.11 Å². The molecule has 1 nitrogen and oxygen atoms in total. The summed E-state index contributed by atoms with van der Waals surface area (Å²) in [6.45, 7) is 6.15. The molecule has 1 unspecified atom stereocenters. The molecule has 0 fully saturated rings. The average Bonchev–Trinajstić information content (AvgIpc) is 2.21. The highest BCUT2D eigenvalue weighted by Gasteiger charge is 2.16. The van der Waals surface area contributed by atoms with Crippen molar-refractivity contribution in [1.82, 2.24) is 0 Å². The van der Waals surface area contributed by atoms with Crippen molar-refractivity contribution in [2.45, 2.75) is 38.0 Å². The number of thioether (sulfide) groups is 1. The molecule has 0 aromatic heterocycles. The molecule has 1 atom stereocenters. The first-order valence-corrected chi connectivity index (χ1v) is 6.53. The number of aliphatic hydroxyl groups is 1. The van der Waals surface area contributed by atoms with Gasteiger partial charge in [-0.05, 0) is 11.6 Å². The fourth-order valence-electron chi connectivity index (χ4n) is 1.37. The van der Waals surface area contributed by atoms with E-state index in [9.17, 15) is 13.9 Å². The largest absolute Gasteiger partial charge is 0.392 e. The smallest absolute Gasteiger partial charge is 0.162 e. The van der Waals surface area contributed by atoms with Gasteiger partial charge in [0.1, 0.15) is 0 Å². The van der Waals surface area contributed by atoms with Crippen molar-refractivity contribution in [2.24, 2.45) is 0 Å². The van der Waals surface area contributed by atoms with Crippen LogP contribution in [0.5, 0.6) is 0 Å². The summed E-state index contributed by atoms with van der Waals surface area (Å²) in [6.07, 6.45) is -0.511. The quantitative estimate of drug-likeness (QED) is 0.895. The van der Waals surface area contributed by atoms with Crippen LogP contribution in [0.2, 0.25) is 0 Å². The van der Waals surface area contributed by atoms with Gasteiger partial charge in [-0.2, -0.15) is 11.8 Å². The molecule has 0 saturated heterocycles. The molecule has 1 aromatic rings. The van der Waals surface area contributed by atoms with Gasteiger partial charge in [0.25, 0.3) is 0 Å². The van der Waals surface area contributed by atoms with Crippen molar-refractivity contribution in [1.29, 1.82) is 0 Å². The van der Waals surface area contributed by atoms with Crippen molar-refractivity contribution in [3.8, 4) is 0 Å². The van der Waals surface area contributed by atoms with Crippen LogP contribution in [-0.2, 0) is 6.42 Å². The van der Waals surface area contributed by atoms with Crippen molar-refractivity contribution in [3.05, 3.63) is 35.4 Å². The molecule has 0 amide bonds. The zero-order chi connectivity index (χ0) is 13.1. The first-order valence-electron chi connectivity index (χ1n) is 5.54. The topological polar surface area (TPSA) is 20.2 Å². The Hall–Kier alpha value is -0.610. The van der Waals surface area contributed by atoms with Gasteiger partial charge in [0, 0.05) is 16.9 Å². The Balaban J connectivity index is 2.56. The highest BCUT2D eigenvalue weighted by molar-refractivity contribution is 8.00. The van der Waals surface area contributed by atoms with Crippen LogP contribution in [0, 0.1) is 11.6 Å². The zero-order valence-corrected chi connectivity index (χ0v) is 11.2. The molecule has 96 valence electrons. The van der Waals surface area contributed by atoms with Gasteiger partial charge in [-0.25, -0.2) is 8.78 Å². The van der Waals surface area contributed by atoms with Crippen molar-refractivity contribution >= 4 is 11.8 Å². The van der Waals surface area contributed by atoms with Gasteiger partial charge in [-0.1, -0.05) is 32.9 Å². The molecule has 0 aliphatic carbocycles. The molecular weight excluding hydrogens is 242 g/mol. The standard InChI is InChI=1S/C13H18F2OS/c1-13(2,3)17-8-10(16)7-9-5-4-6-11(14)12(9)15/h4-6,10,16H,7-8H2,1-3H3. The maximum absolute atomic E-state index is 13.3. The van der Waals surface area contributed by atoms with E-state index < -0.39 is 17.7 Å². The fourth-order valence-corrected chi connectivity index (χ4v) is 2.18. The summed E-state index contributed by atoms with van der Waals surface area (Å²) in [4.78, 5) is 0. The SMILES string of the molecule is CC(C)(C)SCC(O)Cc1cccc(F)c1F. The first-order chi connectivity index (χ1) is 7.79. The van der Waals surface area contributed by atoms with E-state index in [4.69, 9.17) is 0 Å². The molecule has 0 spiro atoms. The fraction of sp³-hybridized carbons (Fsp3) is 0.538. The summed E-state index contributed by atoms with van der Waals surface area (Å²) >= 11 is 1.60. The molecule has 4 heteroatoms. The van der Waals surface area contributed by atoms with Crippen LogP contribution >= 0.6 is 11.8 Å². The summed E-state index contributed by atoms with van der Waals surface area (Å²) in [6, 6.07) is 4.04. The molecule has 0 aliphatic rings. The normalized spacial score (nSPS) is 13.8. The van der Waals surface area contributed by atoms with Crippen LogP contribution in [-0.4, -0.2) is 21.7 Å². The maximum Gasteiger partial charge on any atom is 0.162 e. The van der Waals surface area contributed by atoms with E-state index in [0.717, 1.165) is 6.07 Å². The summed E-state index contributed by atoms with van der Waals surface area (Å²) in [5.74, 6) is -1.20. The van der Waals surface area contributed by atoms with E-state index >= 15 is 0 Å². The number of aliphatic hydroxyl groups excluding tert-OH is 1. The molecule has 0 aliphatic heterocycles. The summed E-state index contributed by atoms with van der Waals surface area (Å²) in [7, 11) is 0. The molecule has 0 radical (unpaired) electrons. The van der Waals surface area contributed by atoms with Gasteiger partial charge in [-0.3, -0.25) is 0 Å². The number of halogens is 2. The van der Waals surface area contributed by atoms with Crippen LogP contribution in [0.3, 0.4) is 0 Å². The Labute approximate surface area is 105 Å². The third-order valence-electron chi connectivity index (χ3n) is 2.20. The van der Waals surface area contributed by atoms with E-state index in [1.54, 1.807) is 11.8 Å². The van der Waals surface area contributed by atoms with Gasteiger partial charge in [0.2, 0.25) is 0 Å². The molecule has 0 heterocycles. The molecule has 1 aromatic carbocycles. The lowest BCUT2D eigenvalue weighted by molar-refractivity contribution is 0.198. The Morgan fingerprint density at radius 2 is 1.94 bits per heavy atom. The lowest BCUT2D eigenvalue weighted by atomic mass is 10.1. The summed E-state index contributed by atoms with van der Waals surface area (Å²) < 4.78 is 26.3. The van der Waals surface area contributed by atoms with Gasteiger partial charge >= 0.3 is 0 Å². The van der Waals surface area contributed by atoms with Gasteiger partial charge in [-0.15, -0.1) is 0 Å². The lowest BCUT2D eigenvalue weighted by Crippen LogP contribution is -2.19. The lowest BCUT2D eigenvalue weighted by Gasteiger charge is -2.20. The van der Waals surface area contributed by atoms with Crippen LogP contribution in [0.15, 0.2) is 18.2 Å². The Morgan fingerprint density at radius 3 is 2.53 bits per heavy atom. The second-order valence-corrected chi connectivity index (χ2v) is 6.84. The Bertz CT molecular complexity index is 374. The predicted molar refractivity (Wildman–Crippen MR) is 68.3 cm³/mol. The summed E-state index contributed by atoms with van der Waals surface area (Å²) in [5, 5.41) is 9.77. The maximum atomic E-state index is 13.3. The Morgan fingerprint density at radius 1 is 1.29 bits per heavy atom. The molecule has 0 saturated carbocycles. The molecule has 1 N–H and O–H groups in total. The van der Waals surface area contributed by atoms with Crippen molar-refractivity contribution in [3.63, 3.8) is 0 Å². The molecular formula is C13H18F2OS. The van der Waals surface area contributed by atoms with E-state index in [0.29, 0.717) is 5.75 Å². The summed E-state index contributed by atoms with van der Waals surface area (Å²) in [5.41, 5.74) is 0.229. The minimum Gasteiger partial charge on any atom is -0.392 e. The van der Waals surface area contributed by atoms with Crippen LogP contribution < -0.4 is 0 Å². The minimum atomic E-state index is -0.863. The van der Waals surface area contributed by atoms with Gasteiger partial charge in [0.05, 0.1) is 6.10 Å². The van der Waals surface area contributed by atoms with Crippen molar-refractivity contribution in [2.75, 3.05) is 5.75 Å². The second kappa shape index (κ2) is 5.83. The van der Waals surface area contributed by atoms with E-state index in [2.05, 4.69) is 0 Å². The van der Waals surface area contributed by atoms with Crippen LogP contribution in [0.1, 0.15) is 26.3 Å². The number of hydrogen-bond acceptors (Lipinski definition) is 2. The average molecular weight is 260 g/mol. The van der Waals surface area contributed by atoms with Crippen LogP contribution in [0.25, 0.3) is 0 Å². The monoisotopic (exact) mass is 260 g/mol. The molecule has 0 bridgehead atoms. The Kier molecular flexibility index (Phi) is 4.95. The minimum absolute atomic E-state index is 0.0570. The molecule has 17 heavy (non-hydrogen) atoms. The number of rotatable bonds is 4. The highest BCUT2D eigenvalue weighted by Crippen LogP contribution is 2.24. The van der Waals surface area contributed by atoms with Gasteiger partial charge in [0.15, 0.2) is 11.6 Å². The van der Waals surface area contributed by atoms with Crippen molar-refractivity contribution < 1.29 is 13.9 Å². The third kappa shape index (κ3) is 5.04. The number of hydrogen-bond donors (Lipinski definition) is 1. The number of benzene rings is 1.